The lowest BCUT2D eigenvalue weighted by Crippen LogP contribution is -2.35. The van der Waals surface area contributed by atoms with Crippen molar-refractivity contribution < 1.29 is 21.6 Å². The quantitative estimate of drug-likeness (QED) is 0.626. The molecule has 174 valence electrons. The summed E-state index contributed by atoms with van der Waals surface area (Å²) >= 11 is 0. The highest BCUT2D eigenvalue weighted by Crippen LogP contribution is 2.23. The Bertz CT molecular complexity index is 1170. The van der Waals surface area contributed by atoms with Crippen molar-refractivity contribution in [1.82, 2.24) is 8.61 Å². The van der Waals surface area contributed by atoms with E-state index in [1.165, 1.54) is 45.0 Å². The van der Waals surface area contributed by atoms with E-state index in [1.54, 1.807) is 26.0 Å². The summed E-state index contributed by atoms with van der Waals surface area (Å²) in [6.07, 6.45) is 2.66. The van der Waals surface area contributed by atoms with Crippen LogP contribution in [0.4, 0.5) is 5.69 Å². The fraction of sp³-hybridized carbons (Fsp3) is 0.409. The third kappa shape index (κ3) is 5.20. The molecule has 0 atom stereocenters. The first-order valence-electron chi connectivity index (χ1n) is 10.7. The molecular weight excluding hydrogens is 450 g/mol. The molecule has 8 nitrogen and oxygen atoms in total. The van der Waals surface area contributed by atoms with Gasteiger partial charge in [-0.25, -0.2) is 16.8 Å². The van der Waals surface area contributed by atoms with Crippen molar-refractivity contribution >= 4 is 31.6 Å². The Morgan fingerprint density at radius 2 is 1.53 bits per heavy atom. The summed E-state index contributed by atoms with van der Waals surface area (Å²) in [6.45, 7) is 5.16. The summed E-state index contributed by atoms with van der Waals surface area (Å²) < 4.78 is 54.1. The number of hydrogen-bond acceptors (Lipinski definition) is 5. The van der Waals surface area contributed by atoms with Crippen molar-refractivity contribution in [3.05, 3.63) is 54.1 Å². The van der Waals surface area contributed by atoms with Crippen molar-refractivity contribution in [3.63, 3.8) is 0 Å². The number of nitrogens with zero attached hydrogens (tertiary/aromatic N) is 2. The molecule has 0 saturated carbocycles. The Labute approximate surface area is 190 Å². The van der Waals surface area contributed by atoms with E-state index in [0.29, 0.717) is 31.9 Å². The van der Waals surface area contributed by atoms with Gasteiger partial charge < -0.3 is 5.32 Å². The molecule has 0 unspecified atom stereocenters. The van der Waals surface area contributed by atoms with Gasteiger partial charge in [0.2, 0.25) is 20.0 Å². The number of anilines is 1. The third-order valence-electron chi connectivity index (χ3n) is 5.48. The van der Waals surface area contributed by atoms with E-state index in [2.05, 4.69) is 5.32 Å². The average molecular weight is 480 g/mol. The van der Waals surface area contributed by atoms with Crippen LogP contribution < -0.4 is 5.32 Å². The summed E-state index contributed by atoms with van der Waals surface area (Å²) in [7, 11) is -7.33. The van der Waals surface area contributed by atoms with Crippen LogP contribution in [-0.2, 0) is 20.0 Å². The molecule has 1 fully saturated rings. The number of nitrogens with one attached hydrogen (secondary N) is 1. The van der Waals surface area contributed by atoms with Crippen LogP contribution >= 0.6 is 0 Å². The molecule has 0 bridgehead atoms. The van der Waals surface area contributed by atoms with Gasteiger partial charge in [-0.05, 0) is 49.2 Å². The molecule has 0 radical (unpaired) electrons. The first-order chi connectivity index (χ1) is 15.2. The highest BCUT2D eigenvalue weighted by atomic mass is 32.2. The van der Waals surface area contributed by atoms with E-state index in [0.717, 1.165) is 19.3 Å². The maximum Gasteiger partial charge on any atom is 0.255 e. The van der Waals surface area contributed by atoms with Gasteiger partial charge in [0.15, 0.2) is 0 Å². The van der Waals surface area contributed by atoms with Crippen LogP contribution in [0.1, 0.15) is 43.5 Å². The van der Waals surface area contributed by atoms with Crippen LogP contribution in [0.3, 0.4) is 0 Å². The molecular formula is C22H29N3O5S2. The lowest BCUT2D eigenvalue weighted by molar-refractivity contribution is 0.102. The van der Waals surface area contributed by atoms with Gasteiger partial charge in [-0.3, -0.25) is 4.79 Å². The molecule has 1 N–H and O–H groups in total. The minimum absolute atomic E-state index is 0.0740. The lowest BCUT2D eigenvalue weighted by Gasteiger charge is -2.26. The smallest absolute Gasteiger partial charge is 0.255 e. The van der Waals surface area contributed by atoms with E-state index < -0.39 is 26.0 Å². The van der Waals surface area contributed by atoms with E-state index in [4.69, 9.17) is 0 Å². The molecule has 2 aromatic carbocycles. The van der Waals surface area contributed by atoms with E-state index in [-0.39, 0.29) is 15.4 Å². The fourth-order valence-corrected chi connectivity index (χ4v) is 6.77. The molecule has 0 spiro atoms. The number of sulfonamides is 2. The Morgan fingerprint density at radius 3 is 2.19 bits per heavy atom. The van der Waals surface area contributed by atoms with Crippen LogP contribution in [0.25, 0.3) is 0 Å². The molecule has 2 aromatic rings. The molecule has 0 aromatic heterocycles. The zero-order valence-electron chi connectivity index (χ0n) is 18.3. The minimum Gasteiger partial charge on any atom is -0.322 e. The third-order valence-corrected chi connectivity index (χ3v) is 9.42. The van der Waals surface area contributed by atoms with E-state index in [1.807, 2.05) is 0 Å². The maximum absolute atomic E-state index is 12.9. The van der Waals surface area contributed by atoms with Crippen LogP contribution in [0.15, 0.2) is 58.3 Å². The number of benzene rings is 2. The number of piperidine rings is 1. The predicted octanol–water partition coefficient (Wildman–Crippen LogP) is 3.14. The number of hydrogen-bond donors (Lipinski definition) is 1. The van der Waals surface area contributed by atoms with E-state index in [9.17, 15) is 21.6 Å². The fourth-order valence-electron chi connectivity index (χ4n) is 3.70. The van der Waals surface area contributed by atoms with Crippen molar-refractivity contribution in [1.29, 1.82) is 0 Å². The van der Waals surface area contributed by atoms with Crippen molar-refractivity contribution in [2.24, 2.45) is 0 Å². The Morgan fingerprint density at radius 1 is 0.906 bits per heavy atom. The zero-order valence-corrected chi connectivity index (χ0v) is 20.0. The van der Waals surface area contributed by atoms with Gasteiger partial charge in [-0.1, -0.05) is 32.4 Å². The molecule has 32 heavy (non-hydrogen) atoms. The molecule has 1 amide bonds. The first-order valence-corrected chi connectivity index (χ1v) is 13.6. The molecule has 1 aliphatic rings. The van der Waals surface area contributed by atoms with Gasteiger partial charge in [-0.15, -0.1) is 0 Å². The van der Waals surface area contributed by atoms with Crippen LogP contribution in [0.5, 0.6) is 0 Å². The second-order valence-electron chi connectivity index (χ2n) is 7.56. The number of carbonyl (C=O) groups is 1. The van der Waals surface area contributed by atoms with Gasteiger partial charge in [-0.2, -0.15) is 8.61 Å². The zero-order chi connectivity index (χ0) is 23.4. The Hall–Kier alpha value is -2.27. The molecule has 3 rings (SSSR count). The number of rotatable bonds is 8. The molecule has 0 aliphatic carbocycles. The number of carbonyl (C=O) groups excluding carboxylic acids is 1. The van der Waals surface area contributed by atoms with Gasteiger partial charge in [0.25, 0.3) is 5.91 Å². The molecule has 10 heteroatoms. The molecule has 1 heterocycles. The predicted molar refractivity (Wildman–Crippen MR) is 124 cm³/mol. The lowest BCUT2D eigenvalue weighted by atomic mass is 10.2. The second kappa shape index (κ2) is 10.1. The van der Waals surface area contributed by atoms with E-state index >= 15 is 0 Å². The first kappa shape index (κ1) is 24.4. The highest BCUT2D eigenvalue weighted by molar-refractivity contribution is 7.89. The summed E-state index contributed by atoms with van der Waals surface area (Å²) in [5.41, 5.74) is 0.493. The summed E-state index contributed by atoms with van der Waals surface area (Å²) in [4.78, 5) is 13.0. The molecule has 1 saturated heterocycles. The maximum atomic E-state index is 12.9. The van der Waals surface area contributed by atoms with Gasteiger partial charge in [0.05, 0.1) is 9.79 Å². The van der Waals surface area contributed by atoms with Gasteiger partial charge in [0, 0.05) is 37.4 Å². The topological polar surface area (TPSA) is 104 Å². The Balaban J connectivity index is 1.82. The summed E-state index contributed by atoms with van der Waals surface area (Å²) in [6, 6.07) is 11.9. The highest BCUT2D eigenvalue weighted by Gasteiger charge is 2.27. The van der Waals surface area contributed by atoms with Crippen LogP contribution in [0, 0.1) is 0 Å². The normalized spacial score (nSPS) is 15.6. The molecule has 1 aliphatic heterocycles. The van der Waals surface area contributed by atoms with Crippen molar-refractivity contribution in [2.45, 2.75) is 42.9 Å². The van der Waals surface area contributed by atoms with Crippen LogP contribution in [-0.4, -0.2) is 57.5 Å². The average Bonchev–Trinajstić information content (AvgIpc) is 2.80. The Kier molecular flexibility index (Phi) is 7.71. The van der Waals surface area contributed by atoms with Crippen molar-refractivity contribution in [3.8, 4) is 0 Å². The second-order valence-corrected chi connectivity index (χ2v) is 11.4. The number of amides is 1. The summed E-state index contributed by atoms with van der Waals surface area (Å²) in [5.74, 6) is -0.516. The van der Waals surface area contributed by atoms with Gasteiger partial charge >= 0.3 is 0 Å². The van der Waals surface area contributed by atoms with Gasteiger partial charge in [0.1, 0.15) is 0 Å². The monoisotopic (exact) mass is 479 g/mol. The largest absolute Gasteiger partial charge is 0.322 e. The summed E-state index contributed by atoms with van der Waals surface area (Å²) in [5, 5.41) is 2.67. The van der Waals surface area contributed by atoms with Crippen molar-refractivity contribution in [2.75, 3.05) is 31.5 Å². The van der Waals surface area contributed by atoms with Crippen LogP contribution in [0.2, 0.25) is 0 Å². The standard InChI is InChI=1S/C22H29N3O5S2/c1-3-24(4-2)31(27,28)21-13-9-11-19(17-21)23-22(26)18-10-8-12-20(16-18)32(29,30)25-14-6-5-7-15-25/h8-13,16-17H,3-7,14-15H2,1-2H3,(H,23,26). The minimum atomic E-state index is -3.67. The SMILES string of the molecule is CCN(CC)S(=O)(=O)c1cccc(NC(=O)c2cccc(S(=O)(=O)N3CCCCC3)c2)c1.